The van der Waals surface area contributed by atoms with Crippen LogP contribution in [-0.4, -0.2) is 59.1 Å². The fourth-order valence-corrected chi connectivity index (χ4v) is 7.04. The summed E-state index contributed by atoms with van der Waals surface area (Å²) in [6.45, 7) is 7.46. The Kier molecular flexibility index (Phi) is 8.34. The first-order valence-electron chi connectivity index (χ1n) is 10.9. The number of carbonyl (C=O) groups is 2. The number of halogens is 1. The quantitative estimate of drug-likeness (QED) is 0.441. The molecule has 2 aliphatic rings. The molecule has 11 heteroatoms. The van der Waals surface area contributed by atoms with Crippen LogP contribution in [0.3, 0.4) is 0 Å². The molecular formula is C23H30BrN3O5S2. The summed E-state index contributed by atoms with van der Waals surface area (Å²) >= 11 is 4.70. The maximum absolute atomic E-state index is 13.2. The lowest BCUT2D eigenvalue weighted by Crippen LogP contribution is -2.57. The SMILES string of the molecule is Cc1ccccc1CNC(=O)C1N(C(=O)C(O)C(C)NS(=O)(=O)C2=CC=C(Br)C2)CSC1(C)C. The summed E-state index contributed by atoms with van der Waals surface area (Å²) < 4.78 is 27.8. The smallest absolute Gasteiger partial charge is 0.254 e. The molecule has 1 aliphatic carbocycles. The molecule has 186 valence electrons. The normalized spacial score (nSPS) is 21.6. The lowest BCUT2D eigenvalue weighted by atomic mass is 9.99. The highest BCUT2D eigenvalue weighted by Gasteiger charge is 2.49. The number of carbonyl (C=O) groups excluding carboxylic acids is 2. The molecule has 2 amide bonds. The van der Waals surface area contributed by atoms with Gasteiger partial charge in [0, 0.05) is 22.2 Å². The van der Waals surface area contributed by atoms with E-state index in [0.717, 1.165) is 15.6 Å². The van der Waals surface area contributed by atoms with Gasteiger partial charge in [-0.05, 0) is 44.9 Å². The van der Waals surface area contributed by atoms with Gasteiger partial charge in [0.15, 0.2) is 0 Å². The van der Waals surface area contributed by atoms with E-state index >= 15 is 0 Å². The molecule has 3 atom stereocenters. The summed E-state index contributed by atoms with van der Waals surface area (Å²) in [5.74, 6) is -0.796. The number of aliphatic hydroxyl groups excluding tert-OH is 1. The summed E-state index contributed by atoms with van der Waals surface area (Å²) in [6, 6.07) is 5.81. The van der Waals surface area contributed by atoms with Gasteiger partial charge in [0.05, 0.1) is 16.8 Å². The Morgan fingerprint density at radius 3 is 2.59 bits per heavy atom. The molecule has 3 unspecified atom stereocenters. The number of amides is 2. The maximum atomic E-state index is 13.2. The van der Waals surface area contributed by atoms with Crippen molar-refractivity contribution in [2.45, 2.75) is 63.6 Å². The van der Waals surface area contributed by atoms with Gasteiger partial charge >= 0.3 is 0 Å². The summed E-state index contributed by atoms with van der Waals surface area (Å²) in [6.07, 6.45) is 1.69. The van der Waals surface area contributed by atoms with E-state index in [1.54, 1.807) is 6.08 Å². The molecule has 3 rings (SSSR count). The minimum atomic E-state index is -3.88. The van der Waals surface area contributed by atoms with Crippen molar-refractivity contribution in [2.24, 2.45) is 0 Å². The molecule has 1 aliphatic heterocycles. The molecule has 1 aromatic carbocycles. The number of hydrogen-bond donors (Lipinski definition) is 3. The van der Waals surface area contributed by atoms with Gasteiger partial charge in [-0.25, -0.2) is 13.1 Å². The fourth-order valence-electron chi connectivity index (χ4n) is 3.92. The summed E-state index contributed by atoms with van der Waals surface area (Å²) in [4.78, 5) is 27.8. The predicted molar refractivity (Wildman–Crippen MR) is 137 cm³/mol. The Labute approximate surface area is 213 Å². The van der Waals surface area contributed by atoms with Crippen molar-refractivity contribution in [2.75, 3.05) is 5.88 Å². The van der Waals surface area contributed by atoms with Crippen molar-refractivity contribution < 1.29 is 23.1 Å². The number of nitrogens with zero attached hydrogens (tertiary/aromatic N) is 1. The van der Waals surface area contributed by atoms with Crippen LogP contribution in [0.25, 0.3) is 0 Å². The van der Waals surface area contributed by atoms with Gasteiger partial charge < -0.3 is 15.3 Å². The van der Waals surface area contributed by atoms with E-state index in [2.05, 4.69) is 26.0 Å². The van der Waals surface area contributed by atoms with Crippen molar-refractivity contribution in [1.82, 2.24) is 14.9 Å². The second-order valence-corrected chi connectivity index (χ2v) is 13.4. The van der Waals surface area contributed by atoms with Gasteiger partial charge in [0.25, 0.3) is 5.91 Å². The second-order valence-electron chi connectivity index (χ2n) is 9.01. The number of aliphatic hydroxyl groups is 1. The Morgan fingerprint density at radius 1 is 1.29 bits per heavy atom. The van der Waals surface area contributed by atoms with Crippen LogP contribution in [0.4, 0.5) is 0 Å². The number of aryl methyl sites for hydroxylation is 1. The molecule has 8 nitrogen and oxygen atoms in total. The van der Waals surface area contributed by atoms with E-state index in [1.165, 1.54) is 29.7 Å². The Hall–Kier alpha value is -1.66. The highest BCUT2D eigenvalue weighted by atomic mass is 79.9. The fraction of sp³-hybridized carbons (Fsp3) is 0.478. The number of benzene rings is 1. The third-order valence-electron chi connectivity index (χ3n) is 6.00. The average Bonchev–Trinajstić information content (AvgIpc) is 3.34. The van der Waals surface area contributed by atoms with Crippen LogP contribution < -0.4 is 10.0 Å². The number of hydrogen-bond acceptors (Lipinski definition) is 6. The monoisotopic (exact) mass is 571 g/mol. The number of thioether (sulfide) groups is 1. The first-order valence-corrected chi connectivity index (χ1v) is 14.1. The second kappa shape index (κ2) is 10.5. The summed E-state index contributed by atoms with van der Waals surface area (Å²) in [5.41, 5.74) is 2.02. The van der Waals surface area contributed by atoms with E-state index in [4.69, 9.17) is 0 Å². The Balaban J connectivity index is 1.69. The van der Waals surface area contributed by atoms with Crippen LogP contribution in [-0.2, 0) is 26.2 Å². The van der Waals surface area contributed by atoms with E-state index in [0.29, 0.717) is 6.54 Å². The minimum Gasteiger partial charge on any atom is -0.382 e. The lowest BCUT2D eigenvalue weighted by Gasteiger charge is -2.32. The van der Waals surface area contributed by atoms with Crippen molar-refractivity contribution in [3.63, 3.8) is 0 Å². The molecule has 0 bridgehead atoms. The number of rotatable bonds is 8. The van der Waals surface area contributed by atoms with Crippen LogP contribution in [0.1, 0.15) is 38.3 Å². The number of allylic oxidation sites excluding steroid dienone is 4. The summed E-state index contributed by atoms with van der Waals surface area (Å²) in [5, 5.41) is 13.6. The van der Waals surface area contributed by atoms with Crippen LogP contribution in [0.2, 0.25) is 0 Å². The molecule has 34 heavy (non-hydrogen) atoms. The molecule has 1 heterocycles. The van der Waals surface area contributed by atoms with Gasteiger partial charge in [-0.1, -0.05) is 46.3 Å². The van der Waals surface area contributed by atoms with Gasteiger partial charge in [0.2, 0.25) is 15.9 Å². The zero-order valence-corrected chi connectivity index (χ0v) is 22.8. The van der Waals surface area contributed by atoms with E-state index in [1.807, 2.05) is 45.0 Å². The maximum Gasteiger partial charge on any atom is 0.254 e. The zero-order chi connectivity index (χ0) is 25.3. The van der Waals surface area contributed by atoms with Crippen LogP contribution >= 0.6 is 27.7 Å². The molecule has 0 spiro atoms. The van der Waals surface area contributed by atoms with Gasteiger partial charge in [0.1, 0.15) is 12.1 Å². The van der Waals surface area contributed by atoms with E-state index in [9.17, 15) is 23.1 Å². The first-order chi connectivity index (χ1) is 15.8. The highest BCUT2D eigenvalue weighted by Crippen LogP contribution is 2.40. The van der Waals surface area contributed by atoms with Crippen molar-refractivity contribution in [1.29, 1.82) is 0 Å². The largest absolute Gasteiger partial charge is 0.382 e. The van der Waals surface area contributed by atoms with Crippen LogP contribution in [0, 0.1) is 6.92 Å². The molecule has 1 aromatic rings. The minimum absolute atomic E-state index is 0.150. The third-order valence-corrected chi connectivity index (χ3v) is 9.57. The van der Waals surface area contributed by atoms with Gasteiger partial charge in [-0.2, -0.15) is 0 Å². The molecular weight excluding hydrogens is 542 g/mol. The third kappa shape index (κ3) is 5.93. The molecule has 3 N–H and O–H groups in total. The predicted octanol–water partition coefficient (Wildman–Crippen LogP) is 2.53. The Bertz CT molecular complexity index is 1130. The molecule has 0 radical (unpaired) electrons. The van der Waals surface area contributed by atoms with E-state index < -0.39 is 38.9 Å². The first kappa shape index (κ1) is 26.9. The van der Waals surface area contributed by atoms with Gasteiger partial charge in [-0.15, -0.1) is 11.8 Å². The standard InChI is InChI=1S/C23H30BrN3O5S2/c1-14-7-5-6-8-16(14)12-25-21(29)20-23(3,4)33-13-27(20)22(30)19(28)15(2)26-34(31,32)18-10-9-17(24)11-18/h5-10,15,19-20,26,28H,11-13H2,1-4H3,(H,25,29). The van der Waals surface area contributed by atoms with Crippen LogP contribution in [0.5, 0.6) is 0 Å². The number of sulfonamides is 1. The van der Waals surface area contributed by atoms with Gasteiger partial charge in [-0.3, -0.25) is 9.59 Å². The average molecular weight is 573 g/mol. The number of nitrogens with one attached hydrogen (secondary N) is 2. The molecule has 1 fully saturated rings. The van der Waals surface area contributed by atoms with Crippen molar-refractivity contribution >= 4 is 49.5 Å². The Morgan fingerprint density at radius 2 is 1.97 bits per heavy atom. The summed E-state index contributed by atoms with van der Waals surface area (Å²) in [7, 11) is -3.88. The zero-order valence-electron chi connectivity index (χ0n) is 19.5. The highest BCUT2D eigenvalue weighted by molar-refractivity contribution is 9.11. The topological polar surface area (TPSA) is 116 Å². The van der Waals surface area contributed by atoms with Crippen molar-refractivity contribution in [3.8, 4) is 0 Å². The van der Waals surface area contributed by atoms with Crippen LogP contribution in [0.15, 0.2) is 45.8 Å². The molecule has 0 aromatic heterocycles. The molecule has 0 saturated carbocycles. The van der Waals surface area contributed by atoms with E-state index in [-0.39, 0.29) is 23.1 Å². The lowest BCUT2D eigenvalue weighted by molar-refractivity contribution is -0.146. The molecule has 1 saturated heterocycles. The van der Waals surface area contributed by atoms with Crippen molar-refractivity contribution in [3.05, 3.63) is 56.9 Å².